The molecule has 2 amide bonds. The van der Waals surface area contributed by atoms with E-state index in [-0.39, 0.29) is 11.8 Å². The number of carbonyl (C=O) groups is 2. The SMILES string of the molecule is COc1ccccc1C(=O)Nc1cc(C(=O)NCCN)ccc1C. The van der Waals surface area contributed by atoms with Crippen LogP contribution in [0.15, 0.2) is 42.5 Å². The van der Waals surface area contributed by atoms with E-state index in [4.69, 9.17) is 10.5 Å². The van der Waals surface area contributed by atoms with Gasteiger partial charge in [-0.2, -0.15) is 0 Å². The molecule has 0 bridgehead atoms. The van der Waals surface area contributed by atoms with Crippen molar-refractivity contribution in [1.29, 1.82) is 0 Å². The van der Waals surface area contributed by atoms with Gasteiger partial charge in [0.2, 0.25) is 0 Å². The molecule has 0 unspecified atom stereocenters. The van der Waals surface area contributed by atoms with E-state index in [1.165, 1.54) is 7.11 Å². The molecule has 0 aliphatic rings. The first kappa shape index (κ1) is 17.5. The van der Waals surface area contributed by atoms with E-state index in [0.717, 1.165) is 5.56 Å². The van der Waals surface area contributed by atoms with Gasteiger partial charge in [-0.15, -0.1) is 0 Å². The Bertz CT molecular complexity index is 744. The Kier molecular flexibility index (Phi) is 5.92. The topological polar surface area (TPSA) is 93.4 Å². The van der Waals surface area contributed by atoms with E-state index in [1.54, 1.807) is 42.5 Å². The summed E-state index contributed by atoms with van der Waals surface area (Å²) in [6.07, 6.45) is 0. The molecule has 0 fully saturated rings. The number of benzene rings is 2. The van der Waals surface area contributed by atoms with E-state index < -0.39 is 0 Å². The van der Waals surface area contributed by atoms with Crippen molar-refractivity contribution in [3.05, 3.63) is 59.2 Å². The summed E-state index contributed by atoms with van der Waals surface area (Å²) in [6.45, 7) is 2.63. The number of para-hydroxylation sites is 1. The molecule has 2 aromatic rings. The molecule has 4 N–H and O–H groups in total. The Hall–Kier alpha value is -2.86. The standard InChI is InChI=1S/C18H21N3O3/c1-12-7-8-13(17(22)20-10-9-19)11-15(12)21-18(23)14-5-3-4-6-16(14)24-2/h3-8,11H,9-10,19H2,1-2H3,(H,20,22)(H,21,23). The fourth-order valence-corrected chi connectivity index (χ4v) is 2.21. The van der Waals surface area contributed by atoms with Crippen LogP contribution in [0.25, 0.3) is 0 Å². The highest BCUT2D eigenvalue weighted by atomic mass is 16.5. The van der Waals surface area contributed by atoms with Gasteiger partial charge in [0.25, 0.3) is 11.8 Å². The summed E-state index contributed by atoms with van der Waals surface area (Å²) < 4.78 is 5.20. The van der Waals surface area contributed by atoms with Crippen LogP contribution in [0.1, 0.15) is 26.3 Å². The third kappa shape index (κ3) is 4.11. The molecule has 126 valence electrons. The Morgan fingerprint density at radius 2 is 1.88 bits per heavy atom. The fraction of sp³-hybridized carbons (Fsp3) is 0.222. The number of anilines is 1. The molecule has 0 radical (unpaired) electrons. The third-order valence-corrected chi connectivity index (χ3v) is 3.53. The number of rotatable bonds is 6. The van der Waals surface area contributed by atoms with Crippen molar-refractivity contribution in [3.8, 4) is 5.75 Å². The van der Waals surface area contributed by atoms with Crippen molar-refractivity contribution in [3.63, 3.8) is 0 Å². The lowest BCUT2D eigenvalue weighted by Gasteiger charge is -2.12. The van der Waals surface area contributed by atoms with Crippen LogP contribution < -0.4 is 21.1 Å². The van der Waals surface area contributed by atoms with E-state index in [9.17, 15) is 9.59 Å². The fourth-order valence-electron chi connectivity index (χ4n) is 2.21. The molecule has 24 heavy (non-hydrogen) atoms. The Morgan fingerprint density at radius 3 is 2.58 bits per heavy atom. The predicted octanol–water partition coefficient (Wildman–Crippen LogP) is 1.94. The molecule has 2 rings (SSSR count). The molecule has 2 aromatic carbocycles. The zero-order valence-corrected chi connectivity index (χ0v) is 13.8. The number of nitrogens with one attached hydrogen (secondary N) is 2. The third-order valence-electron chi connectivity index (χ3n) is 3.53. The second kappa shape index (κ2) is 8.12. The summed E-state index contributed by atoms with van der Waals surface area (Å²) in [7, 11) is 1.51. The van der Waals surface area contributed by atoms with Crippen LogP contribution >= 0.6 is 0 Å². The maximum absolute atomic E-state index is 12.5. The first-order valence-corrected chi connectivity index (χ1v) is 7.60. The van der Waals surface area contributed by atoms with E-state index in [2.05, 4.69) is 10.6 Å². The lowest BCUT2D eigenvalue weighted by atomic mass is 10.1. The molecular weight excluding hydrogens is 306 g/mol. The minimum absolute atomic E-state index is 0.228. The maximum atomic E-state index is 12.5. The van der Waals surface area contributed by atoms with E-state index >= 15 is 0 Å². The van der Waals surface area contributed by atoms with Crippen molar-refractivity contribution in [1.82, 2.24) is 5.32 Å². The van der Waals surface area contributed by atoms with Gasteiger partial charge in [0.05, 0.1) is 12.7 Å². The van der Waals surface area contributed by atoms with Gasteiger partial charge in [0.15, 0.2) is 0 Å². The van der Waals surface area contributed by atoms with Gasteiger partial charge in [-0.25, -0.2) is 0 Å². The molecule has 0 saturated carbocycles. The van der Waals surface area contributed by atoms with E-state index in [1.807, 2.05) is 6.92 Å². The molecule has 0 saturated heterocycles. The second-order valence-corrected chi connectivity index (χ2v) is 5.23. The van der Waals surface area contributed by atoms with Crippen LogP contribution in [-0.4, -0.2) is 32.0 Å². The van der Waals surface area contributed by atoms with Gasteiger partial charge in [0.1, 0.15) is 5.75 Å². The Morgan fingerprint density at radius 1 is 1.12 bits per heavy atom. The highest BCUT2D eigenvalue weighted by Gasteiger charge is 2.14. The van der Waals surface area contributed by atoms with E-state index in [0.29, 0.717) is 35.7 Å². The smallest absolute Gasteiger partial charge is 0.259 e. The van der Waals surface area contributed by atoms with Gasteiger partial charge in [-0.3, -0.25) is 9.59 Å². The molecule has 6 heteroatoms. The van der Waals surface area contributed by atoms with Crippen molar-refractivity contribution >= 4 is 17.5 Å². The van der Waals surface area contributed by atoms with Gasteiger partial charge < -0.3 is 21.1 Å². The summed E-state index contributed by atoms with van der Waals surface area (Å²) in [6, 6.07) is 12.1. The summed E-state index contributed by atoms with van der Waals surface area (Å²) in [4.78, 5) is 24.5. The molecule has 0 aliphatic heterocycles. The maximum Gasteiger partial charge on any atom is 0.259 e. The van der Waals surface area contributed by atoms with Crippen molar-refractivity contribution < 1.29 is 14.3 Å². The number of nitrogens with two attached hydrogens (primary N) is 1. The van der Waals surface area contributed by atoms with Crippen molar-refractivity contribution in [2.24, 2.45) is 5.73 Å². The highest BCUT2D eigenvalue weighted by Crippen LogP contribution is 2.22. The molecule has 0 atom stereocenters. The zero-order valence-electron chi connectivity index (χ0n) is 13.8. The van der Waals surface area contributed by atoms with Crippen LogP contribution in [0.4, 0.5) is 5.69 Å². The Labute approximate surface area is 141 Å². The predicted molar refractivity (Wildman–Crippen MR) is 93.5 cm³/mol. The molecular formula is C18H21N3O3. The molecule has 6 nitrogen and oxygen atoms in total. The minimum atomic E-state index is -0.296. The number of amides is 2. The second-order valence-electron chi connectivity index (χ2n) is 5.23. The van der Waals surface area contributed by atoms with Crippen molar-refractivity contribution in [2.75, 3.05) is 25.5 Å². The van der Waals surface area contributed by atoms with Gasteiger partial charge in [-0.1, -0.05) is 18.2 Å². The molecule has 0 heterocycles. The summed E-state index contributed by atoms with van der Waals surface area (Å²) in [5, 5.41) is 5.53. The normalized spacial score (nSPS) is 10.1. The van der Waals surface area contributed by atoms with Crippen LogP contribution in [0.3, 0.4) is 0 Å². The number of carbonyl (C=O) groups excluding carboxylic acids is 2. The van der Waals surface area contributed by atoms with Gasteiger partial charge in [0, 0.05) is 24.3 Å². The minimum Gasteiger partial charge on any atom is -0.496 e. The monoisotopic (exact) mass is 327 g/mol. The van der Waals surface area contributed by atoms with Crippen LogP contribution in [0.2, 0.25) is 0 Å². The summed E-state index contributed by atoms with van der Waals surface area (Å²) >= 11 is 0. The zero-order chi connectivity index (χ0) is 17.5. The van der Waals surface area contributed by atoms with Crippen molar-refractivity contribution in [2.45, 2.75) is 6.92 Å². The summed E-state index contributed by atoms with van der Waals surface area (Å²) in [5.74, 6) is -0.0344. The lowest BCUT2D eigenvalue weighted by Crippen LogP contribution is -2.29. The average molecular weight is 327 g/mol. The van der Waals surface area contributed by atoms with Crippen LogP contribution in [0.5, 0.6) is 5.75 Å². The Balaban J connectivity index is 2.22. The number of hydrogen-bond acceptors (Lipinski definition) is 4. The number of aryl methyl sites for hydroxylation is 1. The number of hydrogen-bond donors (Lipinski definition) is 3. The molecule has 0 aliphatic carbocycles. The van der Waals surface area contributed by atoms with Crippen LogP contribution in [0, 0.1) is 6.92 Å². The summed E-state index contributed by atoms with van der Waals surface area (Å²) in [5.41, 5.74) is 7.70. The number of methoxy groups -OCH3 is 1. The first-order chi connectivity index (χ1) is 11.6. The average Bonchev–Trinajstić information content (AvgIpc) is 2.61. The number of ether oxygens (including phenoxy) is 1. The molecule has 0 spiro atoms. The molecule has 0 aromatic heterocycles. The van der Waals surface area contributed by atoms with Gasteiger partial charge in [-0.05, 0) is 36.8 Å². The van der Waals surface area contributed by atoms with Gasteiger partial charge >= 0.3 is 0 Å². The lowest BCUT2D eigenvalue weighted by molar-refractivity contribution is 0.0953. The highest BCUT2D eigenvalue weighted by molar-refractivity contribution is 6.07. The van der Waals surface area contributed by atoms with Crippen LogP contribution in [-0.2, 0) is 0 Å². The first-order valence-electron chi connectivity index (χ1n) is 7.60. The quantitative estimate of drug-likeness (QED) is 0.756. The largest absolute Gasteiger partial charge is 0.496 e.